The van der Waals surface area contributed by atoms with Gasteiger partial charge in [0.15, 0.2) is 17.4 Å². The number of nitrogens with two attached hydrogens (primary N) is 1. The number of halogens is 1. The van der Waals surface area contributed by atoms with E-state index >= 15 is 0 Å². The average molecular weight is 458 g/mol. The van der Waals surface area contributed by atoms with Crippen LogP contribution in [0.5, 0.6) is 0 Å². The quantitative estimate of drug-likeness (QED) is 0.643. The molecule has 0 radical (unpaired) electrons. The Kier molecular flexibility index (Phi) is 4.79. The summed E-state index contributed by atoms with van der Waals surface area (Å²) < 4.78 is 17.1. The molecule has 0 bridgehead atoms. The van der Waals surface area contributed by atoms with Gasteiger partial charge in [-0.15, -0.1) is 0 Å². The molecular weight excluding hydrogens is 433 g/mol. The topological polar surface area (TPSA) is 103 Å². The lowest BCUT2D eigenvalue weighted by Crippen LogP contribution is -2.12. The van der Waals surface area contributed by atoms with Gasteiger partial charge in [-0.2, -0.15) is 10.2 Å². The fraction of sp³-hybridized carbons (Fsp3) is 0.320. The van der Waals surface area contributed by atoms with E-state index in [-0.39, 0.29) is 17.4 Å². The number of aromatic nitrogens is 4. The Balaban J connectivity index is 1.45. The third kappa shape index (κ3) is 3.57. The van der Waals surface area contributed by atoms with Crippen molar-refractivity contribution in [2.75, 3.05) is 0 Å². The molecule has 2 N–H and O–H groups in total. The van der Waals surface area contributed by atoms with E-state index in [2.05, 4.69) is 10.1 Å². The lowest BCUT2D eigenvalue weighted by atomic mass is 10.1. The first-order valence-corrected chi connectivity index (χ1v) is 11.5. The number of hydrogen-bond acceptors (Lipinski definition) is 6. The Labute approximate surface area is 195 Å². The monoisotopic (exact) mass is 457 g/mol. The van der Waals surface area contributed by atoms with Crippen molar-refractivity contribution in [3.63, 3.8) is 0 Å². The van der Waals surface area contributed by atoms with Gasteiger partial charge in [0.25, 0.3) is 0 Å². The van der Waals surface area contributed by atoms with Crippen molar-refractivity contribution >= 4 is 29.5 Å². The molecule has 0 atom stereocenters. The fourth-order valence-electron chi connectivity index (χ4n) is 4.66. The Morgan fingerprint density at radius 2 is 1.94 bits per heavy atom. The van der Waals surface area contributed by atoms with Crippen LogP contribution in [-0.4, -0.2) is 37.4 Å². The van der Waals surface area contributed by atoms with Crippen LogP contribution in [0.2, 0.25) is 0 Å². The molecule has 1 saturated carbocycles. The van der Waals surface area contributed by atoms with E-state index in [4.69, 9.17) is 15.8 Å². The summed E-state index contributed by atoms with van der Waals surface area (Å²) in [5, 5.41) is 9.47. The first kappa shape index (κ1) is 20.7. The highest BCUT2D eigenvalue weighted by atomic mass is 19.1. The second-order valence-corrected chi connectivity index (χ2v) is 9.08. The van der Waals surface area contributed by atoms with E-state index in [1.54, 1.807) is 29.1 Å². The molecule has 2 aliphatic carbocycles. The molecule has 0 spiro atoms. The van der Waals surface area contributed by atoms with Gasteiger partial charge in [0.2, 0.25) is 0 Å². The van der Waals surface area contributed by atoms with Crippen molar-refractivity contribution in [3.05, 3.63) is 58.7 Å². The van der Waals surface area contributed by atoms with Gasteiger partial charge in [-0.1, -0.05) is 0 Å². The molecule has 1 aliphatic heterocycles. The zero-order chi connectivity index (χ0) is 23.4. The fourth-order valence-corrected chi connectivity index (χ4v) is 4.66. The maximum Gasteiger partial charge on any atom is 0.166 e. The highest BCUT2D eigenvalue weighted by Gasteiger charge is 2.29. The molecule has 1 aromatic carbocycles. The Morgan fingerprint density at radius 1 is 1.15 bits per heavy atom. The standard InChI is InChI=1S/C25H24FN7O/c1-14-23-19(8-9-20(23)34)30-33(14)22-12-21(27)29-25-18(10-11-28-22)24(16-4-6-17(26)7-5-16)31-32(25)13-15-2-3-15/h4-7,11-12,15H,2-3,8-10,13H2,1H3,(H2,27,29). The van der Waals surface area contributed by atoms with Gasteiger partial charge >= 0.3 is 0 Å². The average Bonchev–Trinajstić information content (AvgIpc) is 3.32. The number of fused-ring (bicyclic) bond motifs is 2. The smallest absolute Gasteiger partial charge is 0.166 e. The Morgan fingerprint density at radius 3 is 2.68 bits per heavy atom. The highest BCUT2D eigenvalue weighted by Crippen LogP contribution is 2.37. The molecule has 0 saturated heterocycles. The van der Waals surface area contributed by atoms with Crippen molar-refractivity contribution in [1.82, 2.24) is 19.6 Å². The molecule has 0 amide bonds. The number of aryl methyl sites for hydroxylation is 1. The van der Waals surface area contributed by atoms with Crippen LogP contribution < -0.4 is 5.73 Å². The van der Waals surface area contributed by atoms with Crippen molar-refractivity contribution in [2.45, 2.75) is 45.6 Å². The predicted octanol–water partition coefficient (Wildman–Crippen LogP) is 3.85. The molecule has 172 valence electrons. The van der Waals surface area contributed by atoms with E-state index in [9.17, 15) is 9.18 Å². The van der Waals surface area contributed by atoms with Crippen LogP contribution in [0.15, 0.2) is 40.3 Å². The number of benzene rings is 1. The van der Waals surface area contributed by atoms with E-state index < -0.39 is 0 Å². The van der Waals surface area contributed by atoms with E-state index in [1.807, 2.05) is 11.6 Å². The van der Waals surface area contributed by atoms with Gasteiger partial charge in [0.1, 0.15) is 11.7 Å². The van der Waals surface area contributed by atoms with Gasteiger partial charge < -0.3 is 5.73 Å². The van der Waals surface area contributed by atoms with Crippen molar-refractivity contribution < 1.29 is 9.18 Å². The van der Waals surface area contributed by atoms with Crippen molar-refractivity contribution in [1.29, 1.82) is 0 Å². The van der Waals surface area contributed by atoms with E-state index in [0.29, 0.717) is 42.4 Å². The minimum absolute atomic E-state index is 0.115. The molecule has 34 heavy (non-hydrogen) atoms. The van der Waals surface area contributed by atoms with Crippen LogP contribution in [0.3, 0.4) is 0 Å². The van der Waals surface area contributed by atoms with Crippen LogP contribution in [0.1, 0.15) is 46.6 Å². The molecule has 3 heterocycles. The summed E-state index contributed by atoms with van der Waals surface area (Å²) in [7, 11) is 0. The summed E-state index contributed by atoms with van der Waals surface area (Å²) in [6.45, 7) is 2.64. The number of aliphatic imine (C=N–C) groups is 2. The lowest BCUT2D eigenvalue weighted by Gasteiger charge is -2.06. The summed E-state index contributed by atoms with van der Waals surface area (Å²) in [4.78, 5) is 21.7. The van der Waals surface area contributed by atoms with Crippen LogP contribution >= 0.6 is 0 Å². The van der Waals surface area contributed by atoms with Crippen LogP contribution in [-0.2, 0) is 19.4 Å². The Hall–Kier alpha value is -3.88. The molecule has 6 rings (SSSR count). The summed E-state index contributed by atoms with van der Waals surface area (Å²) in [5.74, 6) is 1.89. The largest absolute Gasteiger partial charge is 0.384 e. The second kappa shape index (κ2) is 7.86. The first-order chi connectivity index (χ1) is 16.5. The van der Waals surface area contributed by atoms with Gasteiger partial charge in [-0.25, -0.2) is 23.7 Å². The maximum atomic E-state index is 13.6. The minimum Gasteiger partial charge on any atom is -0.384 e. The maximum absolute atomic E-state index is 13.6. The molecule has 1 fully saturated rings. The number of rotatable bonds is 4. The van der Waals surface area contributed by atoms with E-state index in [1.165, 1.54) is 25.0 Å². The molecular formula is C25H24FN7O. The van der Waals surface area contributed by atoms with Crippen LogP contribution in [0.4, 0.5) is 10.2 Å². The number of hydrogen-bond donors (Lipinski definition) is 1. The first-order valence-electron chi connectivity index (χ1n) is 11.5. The van der Waals surface area contributed by atoms with Crippen molar-refractivity contribution in [3.8, 4) is 11.3 Å². The summed E-state index contributed by atoms with van der Waals surface area (Å²) >= 11 is 0. The van der Waals surface area contributed by atoms with Crippen LogP contribution in [0, 0.1) is 18.7 Å². The molecule has 3 aliphatic rings. The normalized spacial score (nSPS) is 17.5. The van der Waals surface area contributed by atoms with Crippen LogP contribution in [0.25, 0.3) is 17.1 Å². The number of amidine groups is 1. The minimum atomic E-state index is -0.293. The lowest BCUT2D eigenvalue weighted by molar-refractivity contribution is 0.0993. The number of carbonyl (C=O) groups excluding carboxylic acids is 1. The van der Waals surface area contributed by atoms with Gasteiger partial charge in [0.05, 0.1) is 22.6 Å². The highest BCUT2D eigenvalue weighted by molar-refractivity contribution is 6.02. The van der Waals surface area contributed by atoms with Gasteiger partial charge in [0, 0.05) is 42.8 Å². The predicted molar refractivity (Wildman–Crippen MR) is 128 cm³/mol. The summed E-state index contributed by atoms with van der Waals surface area (Å²) in [6.07, 6.45) is 7.44. The zero-order valence-electron chi connectivity index (χ0n) is 18.8. The van der Waals surface area contributed by atoms with Crippen molar-refractivity contribution in [2.24, 2.45) is 21.6 Å². The van der Waals surface area contributed by atoms with Gasteiger partial charge in [-0.3, -0.25) is 4.79 Å². The molecule has 8 nitrogen and oxygen atoms in total. The Bertz CT molecular complexity index is 1400. The third-order valence-electron chi connectivity index (χ3n) is 6.57. The summed E-state index contributed by atoms with van der Waals surface area (Å²) in [5.41, 5.74) is 11.1. The number of Topliss-reactive ketones (excluding diaryl/α,β-unsaturated/α-hetero) is 1. The van der Waals surface area contributed by atoms with E-state index in [0.717, 1.165) is 34.8 Å². The number of carbonyl (C=O) groups is 1. The molecule has 0 unspecified atom stereocenters. The number of ketones is 1. The molecule has 2 aromatic heterocycles. The van der Waals surface area contributed by atoms with Gasteiger partial charge in [-0.05, 0) is 56.4 Å². The molecule has 3 aromatic rings. The zero-order valence-corrected chi connectivity index (χ0v) is 18.8. The second-order valence-electron chi connectivity index (χ2n) is 9.08. The molecule has 9 heteroatoms. The SMILES string of the molecule is Cc1c2c(nn1C1=CC(N)=Nc3c(c(-c4ccc(F)cc4)nn3CC3CC3)CC=N1)CCC2=O. The number of nitrogens with zero attached hydrogens (tertiary/aromatic N) is 6. The summed E-state index contributed by atoms with van der Waals surface area (Å²) in [6, 6.07) is 6.32. The third-order valence-corrected chi connectivity index (χ3v) is 6.57.